The first-order valence-corrected chi connectivity index (χ1v) is 7.47. The Hall–Kier alpha value is -1.67. The van der Waals surface area contributed by atoms with Crippen LogP contribution in [0.25, 0.3) is 0 Å². The van der Waals surface area contributed by atoms with Crippen molar-refractivity contribution in [3.63, 3.8) is 0 Å². The van der Waals surface area contributed by atoms with E-state index in [1.807, 2.05) is 19.4 Å². The summed E-state index contributed by atoms with van der Waals surface area (Å²) < 4.78 is 0. The van der Waals surface area contributed by atoms with Gasteiger partial charge in [0.2, 0.25) is 0 Å². The minimum Gasteiger partial charge on any atom is -0.309 e. The predicted molar refractivity (Wildman–Crippen MR) is 82.9 cm³/mol. The number of benzene rings is 1. The Balaban J connectivity index is 1.95. The molecule has 1 fully saturated rings. The molecule has 0 aliphatic heterocycles. The van der Waals surface area contributed by atoms with Crippen LogP contribution in [0.2, 0.25) is 0 Å². The highest BCUT2D eigenvalue weighted by Crippen LogP contribution is 2.37. The van der Waals surface area contributed by atoms with Crippen LogP contribution < -0.4 is 5.32 Å². The predicted octanol–water partition coefficient (Wildman–Crippen LogP) is 3.97. The highest BCUT2D eigenvalue weighted by molar-refractivity contribution is 5.37. The average molecular weight is 266 g/mol. The monoisotopic (exact) mass is 266 g/mol. The van der Waals surface area contributed by atoms with E-state index < -0.39 is 0 Å². The van der Waals surface area contributed by atoms with Crippen molar-refractivity contribution in [2.75, 3.05) is 7.05 Å². The molecule has 1 heterocycles. The third-order valence-corrected chi connectivity index (χ3v) is 4.50. The molecule has 1 atom stereocenters. The zero-order valence-electron chi connectivity index (χ0n) is 12.3. The molecule has 1 aliphatic rings. The van der Waals surface area contributed by atoms with Gasteiger partial charge in [-0.3, -0.25) is 4.98 Å². The fourth-order valence-electron chi connectivity index (χ4n) is 3.01. The van der Waals surface area contributed by atoms with E-state index >= 15 is 0 Å². The average Bonchev–Trinajstić information content (AvgIpc) is 2.40. The lowest BCUT2D eigenvalue weighted by Gasteiger charge is -2.27. The van der Waals surface area contributed by atoms with E-state index in [0.29, 0.717) is 0 Å². The number of hydrogen-bond donors (Lipinski definition) is 1. The summed E-state index contributed by atoms with van der Waals surface area (Å²) in [6.45, 7) is 2.15. The zero-order chi connectivity index (χ0) is 13.9. The molecule has 0 saturated heterocycles. The highest BCUT2D eigenvalue weighted by Gasteiger charge is 2.21. The molecule has 1 aliphatic carbocycles. The summed E-state index contributed by atoms with van der Waals surface area (Å²) in [5.74, 6) is 0.780. The van der Waals surface area contributed by atoms with Crippen LogP contribution >= 0.6 is 0 Å². The number of rotatable bonds is 4. The maximum atomic E-state index is 4.28. The van der Waals surface area contributed by atoms with Crippen LogP contribution in [-0.2, 0) is 0 Å². The SMILES string of the molecule is CNC(c1cccc(C2CCC2)c1)c1cnccc1C. The fourth-order valence-corrected chi connectivity index (χ4v) is 3.01. The second-order valence-corrected chi connectivity index (χ2v) is 5.75. The van der Waals surface area contributed by atoms with Crippen molar-refractivity contribution >= 4 is 0 Å². The molecule has 0 radical (unpaired) electrons. The first kappa shape index (κ1) is 13.3. The molecule has 1 aromatic heterocycles. The van der Waals surface area contributed by atoms with Crippen LogP contribution in [0, 0.1) is 6.92 Å². The molecule has 2 nitrogen and oxygen atoms in total. The summed E-state index contributed by atoms with van der Waals surface area (Å²) in [4.78, 5) is 4.28. The topological polar surface area (TPSA) is 24.9 Å². The Morgan fingerprint density at radius 3 is 2.75 bits per heavy atom. The molecule has 104 valence electrons. The van der Waals surface area contributed by atoms with E-state index in [1.165, 1.54) is 41.5 Å². The van der Waals surface area contributed by atoms with Gasteiger partial charge in [-0.2, -0.15) is 0 Å². The summed E-state index contributed by atoms with van der Waals surface area (Å²) in [6.07, 6.45) is 7.91. The molecule has 0 bridgehead atoms. The summed E-state index contributed by atoms with van der Waals surface area (Å²) >= 11 is 0. The van der Waals surface area contributed by atoms with E-state index in [1.54, 1.807) is 0 Å². The normalized spacial score (nSPS) is 16.7. The van der Waals surface area contributed by atoms with Gasteiger partial charge in [0, 0.05) is 12.4 Å². The van der Waals surface area contributed by atoms with Gasteiger partial charge in [-0.1, -0.05) is 30.7 Å². The van der Waals surface area contributed by atoms with Crippen LogP contribution in [0.3, 0.4) is 0 Å². The van der Waals surface area contributed by atoms with E-state index in [2.05, 4.69) is 47.6 Å². The van der Waals surface area contributed by atoms with Gasteiger partial charge >= 0.3 is 0 Å². The third kappa shape index (κ3) is 2.48. The van der Waals surface area contributed by atoms with Gasteiger partial charge < -0.3 is 5.32 Å². The largest absolute Gasteiger partial charge is 0.309 e. The zero-order valence-corrected chi connectivity index (χ0v) is 12.3. The summed E-state index contributed by atoms with van der Waals surface area (Å²) in [5, 5.41) is 3.44. The Labute approximate surface area is 121 Å². The molecule has 2 aromatic rings. The molecule has 0 spiro atoms. The van der Waals surface area contributed by atoms with Crippen LogP contribution in [0.4, 0.5) is 0 Å². The number of hydrogen-bond acceptors (Lipinski definition) is 2. The van der Waals surface area contributed by atoms with Gasteiger partial charge in [0.25, 0.3) is 0 Å². The van der Waals surface area contributed by atoms with Gasteiger partial charge in [0.1, 0.15) is 0 Å². The van der Waals surface area contributed by atoms with Gasteiger partial charge in [0.05, 0.1) is 6.04 Å². The number of nitrogens with zero attached hydrogens (tertiary/aromatic N) is 1. The van der Waals surface area contributed by atoms with Crippen molar-refractivity contribution in [3.05, 3.63) is 65.0 Å². The van der Waals surface area contributed by atoms with Crippen LogP contribution in [0.5, 0.6) is 0 Å². The molecule has 1 saturated carbocycles. The Morgan fingerprint density at radius 1 is 1.25 bits per heavy atom. The summed E-state index contributed by atoms with van der Waals surface area (Å²) in [7, 11) is 2.02. The van der Waals surface area contributed by atoms with E-state index in [-0.39, 0.29) is 6.04 Å². The number of aryl methyl sites for hydroxylation is 1. The van der Waals surface area contributed by atoms with E-state index in [4.69, 9.17) is 0 Å². The van der Waals surface area contributed by atoms with Crippen LogP contribution in [-0.4, -0.2) is 12.0 Å². The van der Waals surface area contributed by atoms with Gasteiger partial charge in [0.15, 0.2) is 0 Å². The van der Waals surface area contributed by atoms with Crippen molar-refractivity contribution in [1.29, 1.82) is 0 Å². The van der Waals surface area contributed by atoms with Crippen molar-refractivity contribution in [2.24, 2.45) is 0 Å². The second-order valence-electron chi connectivity index (χ2n) is 5.75. The fraction of sp³-hybridized carbons (Fsp3) is 0.389. The lowest BCUT2D eigenvalue weighted by atomic mass is 9.79. The van der Waals surface area contributed by atoms with Crippen LogP contribution in [0.1, 0.15) is 53.5 Å². The molecular formula is C18H22N2. The minimum absolute atomic E-state index is 0.226. The van der Waals surface area contributed by atoms with E-state index in [9.17, 15) is 0 Å². The molecule has 1 unspecified atom stereocenters. The third-order valence-electron chi connectivity index (χ3n) is 4.50. The number of aromatic nitrogens is 1. The summed E-state index contributed by atoms with van der Waals surface area (Å²) in [5.41, 5.74) is 5.39. The van der Waals surface area contributed by atoms with Crippen LogP contribution in [0.15, 0.2) is 42.7 Å². The Bertz CT molecular complexity index is 587. The van der Waals surface area contributed by atoms with Gasteiger partial charge in [-0.05, 0) is 61.1 Å². The van der Waals surface area contributed by atoms with Crippen molar-refractivity contribution in [3.8, 4) is 0 Å². The smallest absolute Gasteiger partial charge is 0.0592 e. The molecule has 1 aromatic carbocycles. The summed E-state index contributed by atoms with van der Waals surface area (Å²) in [6, 6.07) is 11.4. The lowest BCUT2D eigenvalue weighted by molar-refractivity contribution is 0.419. The van der Waals surface area contributed by atoms with Crippen molar-refractivity contribution < 1.29 is 0 Å². The van der Waals surface area contributed by atoms with E-state index in [0.717, 1.165) is 5.92 Å². The maximum Gasteiger partial charge on any atom is 0.0592 e. The molecule has 3 rings (SSSR count). The lowest BCUT2D eigenvalue weighted by Crippen LogP contribution is -2.19. The van der Waals surface area contributed by atoms with Crippen molar-refractivity contribution in [1.82, 2.24) is 10.3 Å². The van der Waals surface area contributed by atoms with Gasteiger partial charge in [-0.15, -0.1) is 0 Å². The maximum absolute atomic E-state index is 4.28. The first-order valence-electron chi connectivity index (χ1n) is 7.47. The molecule has 2 heteroatoms. The first-order chi connectivity index (χ1) is 9.79. The minimum atomic E-state index is 0.226. The number of pyridine rings is 1. The Morgan fingerprint density at radius 2 is 2.10 bits per heavy atom. The molecule has 20 heavy (non-hydrogen) atoms. The molecule has 0 amide bonds. The molecule has 1 N–H and O–H groups in total. The van der Waals surface area contributed by atoms with Gasteiger partial charge in [-0.25, -0.2) is 0 Å². The Kier molecular flexibility index (Phi) is 3.83. The highest BCUT2D eigenvalue weighted by atomic mass is 14.9. The second kappa shape index (κ2) is 5.76. The quantitative estimate of drug-likeness (QED) is 0.906. The molecular weight excluding hydrogens is 244 g/mol. The number of nitrogens with one attached hydrogen (secondary N) is 1. The standard InChI is InChI=1S/C18H22N2/c1-13-9-10-20-12-17(13)18(19-2)16-8-4-7-15(11-16)14-5-3-6-14/h4,7-12,14,18-19H,3,5-6H2,1-2H3. The van der Waals surface area contributed by atoms with Crippen molar-refractivity contribution in [2.45, 2.75) is 38.1 Å².